The second kappa shape index (κ2) is 20.1. The first-order valence-corrected chi connectivity index (χ1v) is 19.5. The smallest absolute Gasteiger partial charge is 0.342 e. The molecule has 0 bridgehead atoms. The van der Waals surface area contributed by atoms with Gasteiger partial charge in [-0.15, -0.1) is 0 Å². The van der Waals surface area contributed by atoms with Crippen LogP contribution in [0.5, 0.6) is 5.75 Å². The van der Waals surface area contributed by atoms with Crippen LogP contribution in [0.2, 0.25) is 0 Å². The molecule has 1 saturated carbocycles. The first kappa shape index (κ1) is 45.4. The van der Waals surface area contributed by atoms with Gasteiger partial charge in [0.25, 0.3) is 0 Å². The number of hydrogen-bond donors (Lipinski definition) is 3. The molecular weight excluding hydrogens is 832 g/mol. The van der Waals surface area contributed by atoms with E-state index in [-0.39, 0.29) is 102 Å². The second-order valence-electron chi connectivity index (χ2n) is 15.0. The third kappa shape index (κ3) is 10.6. The number of nitrogens with zero attached hydrogens (tertiary/aromatic N) is 3. The molecule has 3 N–H and O–H groups in total. The molecule has 310 valence electrons. The summed E-state index contributed by atoms with van der Waals surface area (Å²) < 4.78 is 11.9. The van der Waals surface area contributed by atoms with Gasteiger partial charge in [-0.2, -0.15) is 0 Å². The fraction of sp³-hybridized carbons (Fsp3) is 0.283. The van der Waals surface area contributed by atoms with Crippen molar-refractivity contribution in [2.45, 2.75) is 59.5 Å². The van der Waals surface area contributed by atoms with Crippen molar-refractivity contribution < 1.29 is 63.1 Å². The SMILES string of the molecule is [C-]#[N+]c1c(NC(C)=O)[n-]c(/C=C2\N=C(NC(=O)CCCOc3cc(C(=O)[O-])ccc3C(=O)O)C(C(=O)OC3C(C)CC(C)CC3C)=C2c2ccccc2)c1-c1ccccc1.[Zn]. The summed E-state index contributed by atoms with van der Waals surface area (Å²) in [6.07, 6.45) is 2.86. The molecule has 1 aromatic heterocycles. The molecule has 4 aromatic rings. The Morgan fingerprint density at radius 2 is 1.59 bits per heavy atom. The van der Waals surface area contributed by atoms with Crippen molar-refractivity contribution in [3.63, 3.8) is 0 Å². The summed E-state index contributed by atoms with van der Waals surface area (Å²) in [4.78, 5) is 76.8. The number of carboxylic acids is 2. The molecule has 2 atom stereocenters. The zero-order chi connectivity index (χ0) is 43.1. The van der Waals surface area contributed by atoms with Crippen LogP contribution in [0.4, 0.5) is 11.5 Å². The maximum atomic E-state index is 14.6. The van der Waals surface area contributed by atoms with Gasteiger partial charge in [-0.05, 0) is 84.5 Å². The number of benzene rings is 3. The summed E-state index contributed by atoms with van der Waals surface area (Å²) >= 11 is 0. The van der Waals surface area contributed by atoms with Crippen LogP contribution in [0, 0.1) is 24.3 Å². The molecule has 0 spiro atoms. The topological polar surface area (TPSA) is 202 Å². The number of anilines is 1. The zero-order valence-corrected chi connectivity index (χ0v) is 37.2. The largest absolute Gasteiger partial charge is 0.545 e. The van der Waals surface area contributed by atoms with Gasteiger partial charge in [-0.3, -0.25) is 9.59 Å². The summed E-state index contributed by atoms with van der Waals surface area (Å²) in [6.45, 7) is 15.5. The zero-order valence-electron chi connectivity index (χ0n) is 34.2. The van der Waals surface area contributed by atoms with E-state index in [0.717, 1.165) is 31.0 Å². The second-order valence-corrected chi connectivity index (χ2v) is 15.0. The molecule has 2 heterocycles. The fourth-order valence-corrected chi connectivity index (χ4v) is 7.89. The van der Waals surface area contributed by atoms with Gasteiger partial charge in [-0.1, -0.05) is 93.3 Å². The Morgan fingerprint density at radius 3 is 2.18 bits per heavy atom. The summed E-state index contributed by atoms with van der Waals surface area (Å²) in [5, 5.41) is 26.4. The van der Waals surface area contributed by atoms with E-state index in [2.05, 4.69) is 41.2 Å². The third-order valence-electron chi connectivity index (χ3n) is 10.4. The molecule has 3 aromatic carbocycles. The first-order valence-electron chi connectivity index (χ1n) is 19.5. The van der Waals surface area contributed by atoms with E-state index >= 15 is 0 Å². The summed E-state index contributed by atoms with van der Waals surface area (Å²) in [5.41, 5.74) is 2.14. The van der Waals surface area contributed by atoms with Gasteiger partial charge in [0.15, 0.2) is 5.69 Å². The average molecular weight is 875 g/mol. The number of aliphatic imine (C=N–C) groups is 1. The van der Waals surface area contributed by atoms with Gasteiger partial charge >= 0.3 is 11.9 Å². The molecule has 6 rings (SSSR count). The Bertz CT molecular complexity index is 2460. The maximum Gasteiger partial charge on any atom is 0.342 e. The molecule has 14 nitrogen and oxygen atoms in total. The number of aromatic nitrogens is 1. The fourth-order valence-electron chi connectivity index (χ4n) is 7.89. The van der Waals surface area contributed by atoms with Crippen LogP contribution in [0.25, 0.3) is 27.6 Å². The first-order chi connectivity index (χ1) is 28.7. The number of amides is 2. The van der Waals surface area contributed by atoms with Crippen LogP contribution in [0.1, 0.15) is 85.4 Å². The molecule has 0 radical (unpaired) electrons. The minimum Gasteiger partial charge on any atom is -0.545 e. The van der Waals surface area contributed by atoms with Crippen molar-refractivity contribution in [1.29, 1.82) is 0 Å². The number of nitrogens with one attached hydrogen (secondary N) is 2. The van der Waals surface area contributed by atoms with E-state index in [4.69, 9.17) is 21.0 Å². The number of carbonyl (C=O) groups is 5. The van der Waals surface area contributed by atoms with Crippen LogP contribution >= 0.6 is 0 Å². The van der Waals surface area contributed by atoms with Crippen LogP contribution < -0.4 is 25.5 Å². The number of aromatic carboxylic acids is 2. The molecule has 2 unspecified atom stereocenters. The Hall–Kier alpha value is -6.65. The minimum atomic E-state index is -1.51. The molecule has 1 aliphatic carbocycles. The van der Waals surface area contributed by atoms with Crippen LogP contribution in [-0.2, 0) is 38.6 Å². The summed E-state index contributed by atoms with van der Waals surface area (Å²) in [6, 6.07) is 21.3. The van der Waals surface area contributed by atoms with Crippen LogP contribution in [0.3, 0.4) is 0 Å². The van der Waals surface area contributed by atoms with Crippen molar-refractivity contribution in [1.82, 2.24) is 10.3 Å². The van der Waals surface area contributed by atoms with Crippen molar-refractivity contribution in [2.75, 3.05) is 11.9 Å². The summed E-state index contributed by atoms with van der Waals surface area (Å²) in [7, 11) is 0. The van der Waals surface area contributed by atoms with E-state index in [9.17, 15) is 34.2 Å². The number of ether oxygens (including phenoxy) is 2. The Labute approximate surface area is 365 Å². The van der Waals surface area contributed by atoms with E-state index in [1.807, 2.05) is 36.4 Å². The molecule has 61 heavy (non-hydrogen) atoms. The Balaban J connectivity index is 0.00000704. The molecule has 2 aliphatic rings. The number of carboxylic acid groups (broad SMARTS) is 2. The average Bonchev–Trinajstić information content (AvgIpc) is 3.74. The van der Waals surface area contributed by atoms with E-state index in [1.54, 1.807) is 30.3 Å². The predicted octanol–water partition coefficient (Wildman–Crippen LogP) is 6.68. The maximum absolute atomic E-state index is 14.6. The number of hydrogen-bond acceptors (Lipinski definition) is 9. The number of allylic oxidation sites excluding steroid dienone is 1. The van der Waals surface area contributed by atoms with E-state index < -0.39 is 35.8 Å². The van der Waals surface area contributed by atoms with Crippen molar-refractivity contribution in [3.05, 3.63) is 124 Å². The Kier molecular flexibility index (Phi) is 15.0. The molecule has 2 amide bonds. The molecular formula is C46H43N5O9Zn-2. The molecule has 0 saturated heterocycles. The van der Waals surface area contributed by atoms with E-state index in [1.165, 1.54) is 6.92 Å². The van der Waals surface area contributed by atoms with Gasteiger partial charge < -0.3 is 40.1 Å². The number of rotatable bonds is 13. The van der Waals surface area contributed by atoms with Crippen molar-refractivity contribution >= 4 is 58.7 Å². The minimum absolute atomic E-state index is 0. The monoisotopic (exact) mass is 873 g/mol. The normalized spacial score (nSPS) is 18.9. The van der Waals surface area contributed by atoms with Gasteiger partial charge in [0.1, 0.15) is 34.7 Å². The standard InChI is InChI=1S/C46H45N5O9.Zn/c1-25-21-26(2)41(27(3)22-25)60-46(58)39-37(29-13-8-6-9-14-29)33(24-34-38(30-15-10-7-11-16-30)40(47-5)43(50-34)48-28(4)52)49-42(39)51-36(53)17-12-20-59-35-23-31(44(54)55)18-19-32(35)45(56)57;/h6-11,13-16,18-19,23-27,41H,12,17,20-22H2,1-4H3,(H5,48,49,50,51,52,53,54,55,56,57,58);/p-2. The molecule has 1 aliphatic heterocycles. The summed E-state index contributed by atoms with van der Waals surface area (Å²) in [5.74, 6) is -4.12. The Morgan fingerprint density at radius 1 is 0.951 bits per heavy atom. The third-order valence-corrected chi connectivity index (χ3v) is 10.4. The van der Waals surface area contributed by atoms with Crippen LogP contribution in [0.15, 0.2) is 95.1 Å². The van der Waals surface area contributed by atoms with E-state index in [0.29, 0.717) is 28.2 Å². The quantitative estimate of drug-likeness (QED) is 0.0564. The number of amidine groups is 1. The van der Waals surface area contributed by atoms with Gasteiger partial charge in [0, 0.05) is 37.0 Å². The molecule has 1 fully saturated rings. The number of esters is 1. The van der Waals surface area contributed by atoms with Crippen LogP contribution in [-0.4, -0.2) is 53.4 Å². The van der Waals surface area contributed by atoms with Gasteiger partial charge in [0.05, 0.1) is 24.8 Å². The predicted molar refractivity (Wildman–Crippen MR) is 222 cm³/mol. The van der Waals surface area contributed by atoms with Gasteiger partial charge in [-0.25, -0.2) is 19.4 Å². The number of carbonyl (C=O) groups excluding carboxylic acids is 4. The van der Waals surface area contributed by atoms with Crippen molar-refractivity contribution in [2.24, 2.45) is 22.7 Å². The molecule has 15 heteroatoms. The van der Waals surface area contributed by atoms with Crippen molar-refractivity contribution in [3.8, 4) is 16.9 Å². The van der Waals surface area contributed by atoms with Gasteiger partial charge in [0.2, 0.25) is 5.91 Å².